The minimum absolute atomic E-state index is 0.177. The summed E-state index contributed by atoms with van der Waals surface area (Å²) in [6.45, 7) is 4.03. The summed E-state index contributed by atoms with van der Waals surface area (Å²) in [5.74, 6) is -1.36. The molecule has 2 aromatic carbocycles. The molecule has 0 saturated carbocycles. The largest absolute Gasteiger partial charge is 0.449 e. The molecule has 2 aromatic rings. The molecule has 1 saturated heterocycles. The van der Waals surface area contributed by atoms with Gasteiger partial charge in [-0.1, -0.05) is 37.3 Å². The summed E-state index contributed by atoms with van der Waals surface area (Å²) in [6.07, 6.45) is 0.297. The number of carbonyl (C=O) groups is 4. The highest BCUT2D eigenvalue weighted by molar-refractivity contribution is 6.19. The number of amides is 3. The van der Waals surface area contributed by atoms with Crippen LogP contribution in [0.25, 0.3) is 0 Å². The molecule has 3 amide bonds. The average Bonchev–Trinajstić information content (AvgIpc) is 3.12. The van der Waals surface area contributed by atoms with Crippen LogP contribution in [-0.2, 0) is 19.1 Å². The molecule has 7 heteroatoms. The molecule has 1 N–H and O–H groups in total. The first-order valence-corrected chi connectivity index (χ1v) is 10.4. The van der Waals surface area contributed by atoms with E-state index in [1.54, 1.807) is 0 Å². The standard InChI is InChI=1S/C24H26N2O5/c1-3-17(18-7-5-4-6-8-18)15-25-23(29)16(2)31-24(30)19-9-11-20(12-10-19)26-21(27)13-14-22(26)28/h4-12,16-17H,3,13-15H2,1-2H3,(H,25,29)/t16-,17+/m1/s1. The molecule has 2 atom stereocenters. The molecule has 0 unspecified atom stereocenters. The zero-order chi connectivity index (χ0) is 22.4. The first-order chi connectivity index (χ1) is 14.9. The van der Waals surface area contributed by atoms with E-state index in [4.69, 9.17) is 4.74 Å². The zero-order valence-electron chi connectivity index (χ0n) is 17.7. The van der Waals surface area contributed by atoms with Gasteiger partial charge in [-0.3, -0.25) is 19.3 Å². The Balaban J connectivity index is 1.54. The van der Waals surface area contributed by atoms with Gasteiger partial charge >= 0.3 is 5.97 Å². The summed E-state index contributed by atoms with van der Waals surface area (Å²) in [7, 11) is 0. The van der Waals surface area contributed by atoms with Crippen LogP contribution in [0.5, 0.6) is 0 Å². The van der Waals surface area contributed by atoms with Gasteiger partial charge in [-0.25, -0.2) is 4.79 Å². The van der Waals surface area contributed by atoms with E-state index in [0.717, 1.165) is 16.9 Å². The highest BCUT2D eigenvalue weighted by atomic mass is 16.5. The number of hydrogen-bond donors (Lipinski definition) is 1. The van der Waals surface area contributed by atoms with Crippen molar-refractivity contribution in [3.8, 4) is 0 Å². The maximum atomic E-state index is 12.4. The van der Waals surface area contributed by atoms with Gasteiger partial charge in [0.25, 0.3) is 5.91 Å². The van der Waals surface area contributed by atoms with E-state index in [-0.39, 0.29) is 42.0 Å². The molecule has 7 nitrogen and oxygen atoms in total. The first kappa shape index (κ1) is 22.2. The Labute approximate surface area is 181 Å². The summed E-state index contributed by atoms with van der Waals surface area (Å²) in [6, 6.07) is 15.9. The van der Waals surface area contributed by atoms with Gasteiger partial charge in [0, 0.05) is 25.3 Å². The fraction of sp³-hybridized carbons (Fsp3) is 0.333. The van der Waals surface area contributed by atoms with E-state index >= 15 is 0 Å². The van der Waals surface area contributed by atoms with Crippen LogP contribution in [-0.4, -0.2) is 36.3 Å². The lowest BCUT2D eigenvalue weighted by Gasteiger charge is -2.19. The van der Waals surface area contributed by atoms with Gasteiger partial charge in [0.1, 0.15) is 0 Å². The number of nitrogens with zero attached hydrogens (tertiary/aromatic N) is 1. The number of hydrogen-bond acceptors (Lipinski definition) is 5. The maximum absolute atomic E-state index is 12.4. The molecule has 0 bridgehead atoms. The minimum atomic E-state index is -0.956. The lowest BCUT2D eigenvalue weighted by atomic mass is 9.96. The Hall–Kier alpha value is -3.48. The van der Waals surface area contributed by atoms with Crippen molar-refractivity contribution in [2.45, 2.75) is 45.1 Å². The molecule has 0 aliphatic carbocycles. The molecule has 162 valence electrons. The normalized spacial score (nSPS) is 15.5. The van der Waals surface area contributed by atoms with E-state index in [1.165, 1.54) is 31.2 Å². The number of esters is 1. The molecule has 1 heterocycles. The van der Waals surface area contributed by atoms with Crippen molar-refractivity contribution in [3.63, 3.8) is 0 Å². The van der Waals surface area contributed by atoms with Gasteiger partial charge in [-0.05, 0) is 43.2 Å². The maximum Gasteiger partial charge on any atom is 0.338 e. The van der Waals surface area contributed by atoms with Gasteiger partial charge in [0.15, 0.2) is 6.10 Å². The van der Waals surface area contributed by atoms with Crippen molar-refractivity contribution in [3.05, 3.63) is 65.7 Å². The average molecular weight is 422 g/mol. The highest BCUT2D eigenvalue weighted by Crippen LogP contribution is 2.23. The summed E-state index contributed by atoms with van der Waals surface area (Å²) in [4.78, 5) is 49.5. The fourth-order valence-corrected chi connectivity index (χ4v) is 3.48. The Morgan fingerprint density at radius 2 is 1.61 bits per heavy atom. The number of ether oxygens (including phenoxy) is 1. The number of imide groups is 1. The Bertz CT molecular complexity index is 940. The van der Waals surface area contributed by atoms with Crippen LogP contribution in [0.3, 0.4) is 0 Å². The van der Waals surface area contributed by atoms with E-state index in [9.17, 15) is 19.2 Å². The van der Waals surface area contributed by atoms with Crippen LogP contribution >= 0.6 is 0 Å². The third-order valence-corrected chi connectivity index (χ3v) is 5.35. The zero-order valence-corrected chi connectivity index (χ0v) is 17.7. The van der Waals surface area contributed by atoms with Crippen LogP contribution in [0.4, 0.5) is 5.69 Å². The van der Waals surface area contributed by atoms with Gasteiger partial charge in [-0.15, -0.1) is 0 Å². The quantitative estimate of drug-likeness (QED) is 0.521. The molecule has 1 aliphatic rings. The highest BCUT2D eigenvalue weighted by Gasteiger charge is 2.30. The van der Waals surface area contributed by atoms with Crippen molar-refractivity contribution in [2.75, 3.05) is 11.4 Å². The molecule has 0 aromatic heterocycles. The topological polar surface area (TPSA) is 92.8 Å². The second kappa shape index (κ2) is 10.0. The number of rotatable bonds is 8. The van der Waals surface area contributed by atoms with E-state index in [1.807, 2.05) is 30.3 Å². The predicted molar refractivity (Wildman–Crippen MR) is 116 cm³/mol. The number of carbonyl (C=O) groups excluding carboxylic acids is 4. The molecule has 3 rings (SSSR count). The van der Waals surface area contributed by atoms with Crippen molar-refractivity contribution in [2.24, 2.45) is 0 Å². The first-order valence-electron chi connectivity index (χ1n) is 10.4. The fourth-order valence-electron chi connectivity index (χ4n) is 3.48. The molecule has 31 heavy (non-hydrogen) atoms. The van der Waals surface area contributed by atoms with Crippen molar-refractivity contribution < 1.29 is 23.9 Å². The van der Waals surface area contributed by atoms with Crippen LogP contribution in [0.15, 0.2) is 54.6 Å². The van der Waals surface area contributed by atoms with Gasteiger partial charge < -0.3 is 10.1 Å². The van der Waals surface area contributed by atoms with Gasteiger partial charge in [0.05, 0.1) is 11.3 Å². The molecule has 1 fully saturated rings. The van der Waals surface area contributed by atoms with Crippen LogP contribution in [0, 0.1) is 0 Å². The Morgan fingerprint density at radius 3 is 2.19 bits per heavy atom. The Kier molecular flexibility index (Phi) is 7.18. The summed E-state index contributed by atoms with van der Waals surface area (Å²) >= 11 is 0. The lowest BCUT2D eigenvalue weighted by molar-refractivity contribution is -0.129. The van der Waals surface area contributed by atoms with Crippen molar-refractivity contribution in [1.29, 1.82) is 0 Å². The smallest absolute Gasteiger partial charge is 0.338 e. The summed E-state index contributed by atoms with van der Waals surface area (Å²) in [5, 5.41) is 2.85. The second-order valence-corrected chi connectivity index (χ2v) is 7.48. The molecule has 1 aliphatic heterocycles. The molecular formula is C24H26N2O5. The van der Waals surface area contributed by atoms with Crippen molar-refractivity contribution >= 4 is 29.4 Å². The van der Waals surface area contributed by atoms with Gasteiger partial charge in [0.2, 0.25) is 11.8 Å². The van der Waals surface area contributed by atoms with E-state index in [2.05, 4.69) is 12.2 Å². The number of nitrogens with one attached hydrogen (secondary N) is 1. The van der Waals surface area contributed by atoms with Crippen LogP contribution in [0.1, 0.15) is 54.9 Å². The molecular weight excluding hydrogens is 396 g/mol. The molecule has 0 spiro atoms. The minimum Gasteiger partial charge on any atom is -0.449 e. The van der Waals surface area contributed by atoms with E-state index < -0.39 is 12.1 Å². The summed E-state index contributed by atoms with van der Waals surface area (Å²) < 4.78 is 5.28. The predicted octanol–water partition coefficient (Wildman–Crippen LogP) is 3.20. The second-order valence-electron chi connectivity index (χ2n) is 7.48. The monoisotopic (exact) mass is 422 g/mol. The van der Waals surface area contributed by atoms with E-state index in [0.29, 0.717) is 12.2 Å². The summed E-state index contributed by atoms with van der Waals surface area (Å²) in [5.41, 5.74) is 1.80. The number of benzene rings is 2. The number of anilines is 1. The lowest BCUT2D eigenvalue weighted by Crippen LogP contribution is -2.38. The third-order valence-electron chi connectivity index (χ3n) is 5.35. The van der Waals surface area contributed by atoms with Gasteiger partial charge in [-0.2, -0.15) is 0 Å². The Morgan fingerprint density at radius 1 is 1.00 bits per heavy atom. The van der Waals surface area contributed by atoms with Crippen LogP contribution in [0.2, 0.25) is 0 Å². The van der Waals surface area contributed by atoms with Crippen LogP contribution < -0.4 is 10.2 Å². The van der Waals surface area contributed by atoms with Crippen molar-refractivity contribution in [1.82, 2.24) is 5.32 Å². The SMILES string of the molecule is CC[C@@H](CNC(=O)[C@@H](C)OC(=O)c1ccc(N2C(=O)CCC2=O)cc1)c1ccccc1. The molecule has 0 radical (unpaired) electrons. The third kappa shape index (κ3) is 5.36.